The maximum atomic E-state index is 9.43. The number of fused-ring (bicyclic) bond motifs is 2. The van der Waals surface area contributed by atoms with Gasteiger partial charge in [0.1, 0.15) is 5.75 Å². The van der Waals surface area contributed by atoms with Crippen LogP contribution in [0.2, 0.25) is 0 Å². The number of hydrogen-bond donors (Lipinski definition) is 1. The van der Waals surface area contributed by atoms with E-state index in [-0.39, 0.29) is 0 Å². The van der Waals surface area contributed by atoms with Gasteiger partial charge in [-0.25, -0.2) is 0 Å². The molecule has 0 aromatic heterocycles. The molecule has 0 saturated carbocycles. The first kappa shape index (κ1) is 17.4. The quantitative estimate of drug-likeness (QED) is 0.745. The van der Waals surface area contributed by atoms with Gasteiger partial charge in [-0.05, 0) is 68.2 Å². The van der Waals surface area contributed by atoms with Crippen molar-refractivity contribution < 1.29 is 5.11 Å². The summed E-state index contributed by atoms with van der Waals surface area (Å²) < 4.78 is 0. The van der Waals surface area contributed by atoms with Crippen molar-refractivity contribution in [3.8, 4) is 5.75 Å². The Bertz CT molecular complexity index is 721. The van der Waals surface area contributed by atoms with Crippen LogP contribution in [0.4, 0.5) is 0 Å². The molecule has 2 aromatic rings. The lowest BCUT2D eigenvalue weighted by atomic mass is 9.84. The standard InChI is InChI=1S/C24H29NO/c1-18(7-8-19-9-13-24(26)14-10-19)25-22-11-12-23(25)17-21(16-22)15-20-5-3-2-4-6-20/h2-6,9-14,18,21-23,26H,7-8,15-17H2,1H3. The smallest absolute Gasteiger partial charge is 0.115 e. The zero-order chi connectivity index (χ0) is 17.9. The number of rotatable bonds is 6. The van der Waals surface area contributed by atoms with Gasteiger partial charge in [-0.3, -0.25) is 4.90 Å². The molecule has 2 aliphatic rings. The molecule has 2 heteroatoms. The molecule has 1 saturated heterocycles. The molecule has 2 heterocycles. The van der Waals surface area contributed by atoms with Crippen molar-refractivity contribution in [3.63, 3.8) is 0 Å². The van der Waals surface area contributed by atoms with Crippen molar-refractivity contribution in [1.82, 2.24) is 4.90 Å². The Kier molecular flexibility index (Phi) is 5.12. The molecule has 26 heavy (non-hydrogen) atoms. The van der Waals surface area contributed by atoms with E-state index in [2.05, 4.69) is 54.3 Å². The van der Waals surface area contributed by atoms with Crippen molar-refractivity contribution in [2.45, 2.75) is 57.2 Å². The Morgan fingerprint density at radius 2 is 1.58 bits per heavy atom. The highest BCUT2D eigenvalue weighted by atomic mass is 16.3. The zero-order valence-corrected chi connectivity index (χ0v) is 15.6. The van der Waals surface area contributed by atoms with Crippen LogP contribution in [-0.2, 0) is 12.8 Å². The number of phenolic OH excluding ortho intramolecular Hbond substituents is 1. The van der Waals surface area contributed by atoms with Crippen LogP contribution in [0.5, 0.6) is 5.75 Å². The van der Waals surface area contributed by atoms with Crippen molar-refractivity contribution in [3.05, 3.63) is 77.9 Å². The minimum absolute atomic E-state index is 0.351. The first-order valence-electron chi connectivity index (χ1n) is 9.96. The summed E-state index contributed by atoms with van der Waals surface area (Å²) in [6.45, 7) is 2.38. The molecular formula is C24H29NO. The number of nitrogens with zero attached hydrogens (tertiary/aromatic N) is 1. The van der Waals surface area contributed by atoms with Crippen LogP contribution in [0.3, 0.4) is 0 Å². The Balaban J connectivity index is 1.33. The molecule has 4 rings (SSSR count). The van der Waals surface area contributed by atoms with Gasteiger partial charge in [0.05, 0.1) is 0 Å². The molecule has 3 unspecified atom stereocenters. The fourth-order valence-corrected chi connectivity index (χ4v) is 4.84. The monoisotopic (exact) mass is 347 g/mol. The van der Waals surface area contributed by atoms with Crippen LogP contribution >= 0.6 is 0 Å². The van der Waals surface area contributed by atoms with Crippen molar-refractivity contribution in [2.75, 3.05) is 0 Å². The van der Waals surface area contributed by atoms with Crippen LogP contribution in [0.1, 0.15) is 37.3 Å². The van der Waals surface area contributed by atoms with Gasteiger partial charge in [-0.2, -0.15) is 0 Å². The molecule has 2 aliphatic heterocycles. The van der Waals surface area contributed by atoms with Crippen LogP contribution in [0, 0.1) is 5.92 Å². The van der Waals surface area contributed by atoms with E-state index in [0.29, 0.717) is 23.9 Å². The van der Waals surface area contributed by atoms with Crippen LogP contribution in [-0.4, -0.2) is 28.1 Å². The molecule has 136 valence electrons. The van der Waals surface area contributed by atoms with Gasteiger partial charge in [0.15, 0.2) is 0 Å². The molecule has 0 spiro atoms. The summed E-state index contributed by atoms with van der Waals surface area (Å²) in [5.74, 6) is 1.15. The lowest BCUT2D eigenvalue weighted by molar-refractivity contribution is 0.0751. The summed E-state index contributed by atoms with van der Waals surface area (Å²) in [5, 5.41) is 9.43. The number of aromatic hydroxyl groups is 1. The van der Waals surface area contributed by atoms with E-state index in [1.165, 1.54) is 36.8 Å². The van der Waals surface area contributed by atoms with Gasteiger partial charge in [0.2, 0.25) is 0 Å². The SMILES string of the molecule is CC(CCc1ccc(O)cc1)N1C2C=CC1CC(Cc1ccccc1)C2. The summed E-state index contributed by atoms with van der Waals surface area (Å²) in [5.41, 5.74) is 2.79. The van der Waals surface area contributed by atoms with E-state index >= 15 is 0 Å². The zero-order valence-electron chi connectivity index (χ0n) is 15.6. The first-order chi connectivity index (χ1) is 12.7. The van der Waals surface area contributed by atoms with E-state index in [9.17, 15) is 5.11 Å². The predicted octanol–water partition coefficient (Wildman–Crippen LogP) is 4.98. The molecule has 0 aliphatic carbocycles. The second kappa shape index (κ2) is 7.67. The molecule has 1 N–H and O–H groups in total. The Hall–Kier alpha value is -2.06. The first-order valence-corrected chi connectivity index (χ1v) is 9.96. The van der Waals surface area contributed by atoms with Gasteiger partial charge >= 0.3 is 0 Å². The second-order valence-electron chi connectivity index (χ2n) is 8.05. The minimum Gasteiger partial charge on any atom is -0.508 e. The Labute approximate surface area is 157 Å². The molecule has 0 amide bonds. The average molecular weight is 348 g/mol. The number of hydrogen-bond acceptors (Lipinski definition) is 2. The highest BCUT2D eigenvalue weighted by Crippen LogP contribution is 2.37. The summed E-state index contributed by atoms with van der Waals surface area (Å²) in [6, 6.07) is 20.4. The van der Waals surface area contributed by atoms with Crippen molar-refractivity contribution >= 4 is 0 Å². The fourth-order valence-electron chi connectivity index (χ4n) is 4.84. The Morgan fingerprint density at radius 3 is 2.23 bits per heavy atom. The third kappa shape index (κ3) is 3.86. The van der Waals surface area contributed by atoms with E-state index in [1.54, 1.807) is 12.1 Å². The van der Waals surface area contributed by atoms with Gasteiger partial charge in [0, 0.05) is 18.1 Å². The van der Waals surface area contributed by atoms with Crippen LogP contribution in [0.15, 0.2) is 66.7 Å². The maximum absolute atomic E-state index is 9.43. The normalized spacial score (nSPS) is 26.1. The summed E-state index contributed by atoms with van der Waals surface area (Å²) in [4.78, 5) is 2.74. The highest BCUT2D eigenvalue weighted by Gasteiger charge is 2.39. The lowest BCUT2D eigenvalue weighted by Crippen LogP contribution is -2.48. The third-order valence-corrected chi connectivity index (χ3v) is 6.13. The van der Waals surface area contributed by atoms with Crippen LogP contribution in [0.25, 0.3) is 0 Å². The topological polar surface area (TPSA) is 23.5 Å². The van der Waals surface area contributed by atoms with Crippen molar-refractivity contribution in [2.24, 2.45) is 5.92 Å². The molecule has 2 bridgehead atoms. The number of aryl methyl sites for hydroxylation is 1. The number of piperidine rings is 1. The van der Waals surface area contributed by atoms with Crippen molar-refractivity contribution in [1.29, 1.82) is 0 Å². The Morgan fingerprint density at radius 1 is 0.923 bits per heavy atom. The van der Waals surface area contributed by atoms with E-state index in [0.717, 1.165) is 12.3 Å². The average Bonchev–Trinajstić information content (AvgIpc) is 2.93. The molecule has 1 fully saturated rings. The van der Waals surface area contributed by atoms with E-state index < -0.39 is 0 Å². The molecule has 3 atom stereocenters. The van der Waals surface area contributed by atoms with Gasteiger partial charge in [0.25, 0.3) is 0 Å². The van der Waals surface area contributed by atoms with E-state index in [1.807, 2.05) is 12.1 Å². The lowest BCUT2D eigenvalue weighted by Gasteiger charge is -2.43. The highest BCUT2D eigenvalue weighted by molar-refractivity contribution is 5.26. The minimum atomic E-state index is 0.351. The van der Waals surface area contributed by atoms with Crippen LogP contribution < -0.4 is 0 Å². The molecule has 2 nitrogen and oxygen atoms in total. The molecule has 2 aromatic carbocycles. The molecule has 0 radical (unpaired) electrons. The summed E-state index contributed by atoms with van der Waals surface area (Å²) in [6.07, 6.45) is 10.9. The molecular weight excluding hydrogens is 318 g/mol. The maximum Gasteiger partial charge on any atom is 0.115 e. The van der Waals surface area contributed by atoms with E-state index in [4.69, 9.17) is 0 Å². The summed E-state index contributed by atoms with van der Waals surface area (Å²) in [7, 11) is 0. The second-order valence-corrected chi connectivity index (χ2v) is 8.05. The summed E-state index contributed by atoms with van der Waals surface area (Å²) >= 11 is 0. The van der Waals surface area contributed by atoms with Gasteiger partial charge in [-0.1, -0.05) is 54.6 Å². The van der Waals surface area contributed by atoms with Gasteiger partial charge < -0.3 is 5.11 Å². The largest absolute Gasteiger partial charge is 0.508 e. The predicted molar refractivity (Wildman–Crippen MR) is 107 cm³/mol. The number of phenols is 1. The number of benzene rings is 2. The fraction of sp³-hybridized carbons (Fsp3) is 0.417. The third-order valence-electron chi connectivity index (χ3n) is 6.13. The van der Waals surface area contributed by atoms with Gasteiger partial charge in [-0.15, -0.1) is 0 Å².